The number of amides is 1. The normalized spacial score (nSPS) is 16.1. The molecule has 6 nitrogen and oxygen atoms in total. The lowest BCUT2D eigenvalue weighted by molar-refractivity contribution is 0.0505. The molecule has 1 amide bonds. The van der Waals surface area contributed by atoms with Gasteiger partial charge < -0.3 is 14.6 Å². The maximum absolute atomic E-state index is 13.7. The molecule has 2 aromatic heterocycles. The summed E-state index contributed by atoms with van der Waals surface area (Å²) in [6, 6.07) is 11.3. The van der Waals surface area contributed by atoms with E-state index < -0.39 is 0 Å². The van der Waals surface area contributed by atoms with Gasteiger partial charge >= 0.3 is 0 Å². The third-order valence-corrected chi connectivity index (χ3v) is 7.17. The highest BCUT2D eigenvalue weighted by Crippen LogP contribution is 2.36. The molecule has 1 saturated heterocycles. The van der Waals surface area contributed by atoms with Crippen LogP contribution in [0.25, 0.3) is 21.0 Å². The minimum Gasteiger partial charge on any atom is -0.376 e. The molecule has 1 fully saturated rings. The number of aromatic nitrogens is 2. The van der Waals surface area contributed by atoms with Gasteiger partial charge in [-0.05, 0) is 43.2 Å². The van der Waals surface area contributed by atoms with E-state index in [1.807, 2.05) is 6.07 Å². The fraction of sp³-hybridized carbons (Fsp3) is 0.261. The van der Waals surface area contributed by atoms with E-state index in [0.29, 0.717) is 49.9 Å². The first-order valence-corrected chi connectivity index (χ1v) is 11.5. The number of nitrogens with one attached hydrogen (secondary N) is 1. The van der Waals surface area contributed by atoms with Crippen LogP contribution in [0.15, 0.2) is 47.3 Å². The molecule has 1 aliphatic heterocycles. The molecular weight excluding hydrogens is 453 g/mol. The molecule has 4 aromatic rings. The molecule has 32 heavy (non-hydrogen) atoms. The topological polar surface area (TPSA) is 75.3 Å². The summed E-state index contributed by atoms with van der Waals surface area (Å²) in [5.41, 5.74) is 0.302. The molecule has 0 saturated carbocycles. The van der Waals surface area contributed by atoms with E-state index in [-0.39, 0.29) is 29.9 Å². The van der Waals surface area contributed by atoms with E-state index in [4.69, 9.17) is 16.3 Å². The minimum absolute atomic E-state index is 0.0949. The lowest BCUT2D eigenvalue weighted by Crippen LogP contribution is -2.37. The number of rotatable bonds is 5. The maximum atomic E-state index is 13.7. The van der Waals surface area contributed by atoms with Crippen LogP contribution in [0.5, 0.6) is 0 Å². The predicted molar refractivity (Wildman–Crippen MR) is 123 cm³/mol. The number of hydrogen-bond donors (Lipinski definition) is 1. The number of benzene rings is 2. The zero-order valence-electron chi connectivity index (χ0n) is 16.9. The summed E-state index contributed by atoms with van der Waals surface area (Å²) >= 11 is 7.66. The van der Waals surface area contributed by atoms with E-state index >= 15 is 0 Å². The summed E-state index contributed by atoms with van der Waals surface area (Å²) in [5, 5.41) is 1.42. The molecular formula is C23H19ClFN3O3S. The Morgan fingerprint density at radius 3 is 2.94 bits per heavy atom. The fourth-order valence-corrected chi connectivity index (χ4v) is 5.47. The second-order valence-corrected chi connectivity index (χ2v) is 9.17. The lowest BCUT2D eigenvalue weighted by Gasteiger charge is -2.25. The zero-order chi connectivity index (χ0) is 22.2. The van der Waals surface area contributed by atoms with E-state index in [9.17, 15) is 14.0 Å². The Morgan fingerprint density at radius 1 is 1.28 bits per heavy atom. The molecule has 164 valence electrons. The smallest absolute Gasteiger partial charge is 0.266 e. The summed E-state index contributed by atoms with van der Waals surface area (Å²) in [6.07, 6.45) is 1.68. The van der Waals surface area contributed by atoms with Crippen LogP contribution >= 0.6 is 22.9 Å². The number of ether oxygens (including phenoxy) is 1. The summed E-state index contributed by atoms with van der Waals surface area (Å²) in [7, 11) is 0. The van der Waals surface area contributed by atoms with Crippen molar-refractivity contribution in [1.82, 2.24) is 14.9 Å². The molecule has 1 N–H and O–H groups in total. The van der Waals surface area contributed by atoms with Crippen LogP contribution in [0.4, 0.5) is 4.39 Å². The number of carbonyl (C=O) groups excluding carboxylic acids is 1. The van der Waals surface area contributed by atoms with Gasteiger partial charge in [0.05, 0.1) is 28.6 Å². The molecule has 9 heteroatoms. The van der Waals surface area contributed by atoms with Crippen molar-refractivity contribution in [3.63, 3.8) is 0 Å². The second-order valence-electron chi connectivity index (χ2n) is 7.74. The fourth-order valence-electron chi connectivity index (χ4n) is 3.96. The first-order valence-electron chi connectivity index (χ1n) is 10.3. The van der Waals surface area contributed by atoms with Crippen LogP contribution in [0.2, 0.25) is 5.02 Å². The Kier molecular flexibility index (Phi) is 5.67. The van der Waals surface area contributed by atoms with Gasteiger partial charge in [0, 0.05) is 23.2 Å². The van der Waals surface area contributed by atoms with E-state index in [1.54, 1.807) is 29.2 Å². The first-order chi connectivity index (χ1) is 15.5. The molecule has 1 aliphatic rings. The van der Waals surface area contributed by atoms with Crippen molar-refractivity contribution in [3.05, 3.63) is 74.4 Å². The summed E-state index contributed by atoms with van der Waals surface area (Å²) in [4.78, 5) is 35.3. The van der Waals surface area contributed by atoms with Crippen molar-refractivity contribution >= 4 is 49.8 Å². The number of nitrogens with zero attached hydrogens (tertiary/aromatic N) is 2. The van der Waals surface area contributed by atoms with Crippen LogP contribution < -0.4 is 5.56 Å². The lowest BCUT2D eigenvalue weighted by atomic mass is 10.2. The number of halogens is 2. The van der Waals surface area contributed by atoms with Gasteiger partial charge in [0.1, 0.15) is 16.5 Å². The molecule has 2 aromatic carbocycles. The van der Waals surface area contributed by atoms with Gasteiger partial charge in [0.25, 0.3) is 11.5 Å². The average Bonchev–Trinajstić information content (AvgIpc) is 3.40. The van der Waals surface area contributed by atoms with Crippen LogP contribution in [0, 0.1) is 5.82 Å². The van der Waals surface area contributed by atoms with Gasteiger partial charge in [-0.15, -0.1) is 11.3 Å². The van der Waals surface area contributed by atoms with Crippen molar-refractivity contribution in [2.75, 3.05) is 13.2 Å². The molecule has 1 unspecified atom stereocenters. The number of carbonyl (C=O) groups is 1. The Morgan fingerprint density at radius 2 is 2.12 bits per heavy atom. The van der Waals surface area contributed by atoms with Gasteiger partial charge in [-0.2, -0.15) is 0 Å². The molecule has 0 aliphatic carbocycles. The third-order valence-electron chi connectivity index (χ3n) is 5.52. The SMILES string of the molecule is O=C(c1sc2cc(F)ccc2c1Cl)N(Cc1nc2ccccc2c(=O)[nH]1)CC1CCCO1. The van der Waals surface area contributed by atoms with Crippen molar-refractivity contribution in [2.24, 2.45) is 0 Å². The average molecular weight is 472 g/mol. The highest BCUT2D eigenvalue weighted by Gasteiger charge is 2.28. The maximum Gasteiger partial charge on any atom is 0.266 e. The largest absolute Gasteiger partial charge is 0.376 e. The summed E-state index contributed by atoms with van der Waals surface area (Å²) in [6.45, 7) is 1.09. The number of thiophene rings is 1. The highest BCUT2D eigenvalue weighted by atomic mass is 35.5. The van der Waals surface area contributed by atoms with E-state index in [2.05, 4.69) is 9.97 Å². The van der Waals surface area contributed by atoms with Gasteiger partial charge in [0.15, 0.2) is 0 Å². The molecule has 0 bridgehead atoms. The third kappa shape index (κ3) is 4.01. The van der Waals surface area contributed by atoms with E-state index in [1.165, 1.54) is 12.1 Å². The molecule has 0 radical (unpaired) electrons. The molecule has 1 atom stereocenters. The number of fused-ring (bicyclic) bond motifs is 2. The Labute approximate surface area is 191 Å². The predicted octanol–water partition coefficient (Wildman–Crippen LogP) is 4.75. The Hall–Kier alpha value is -2.81. The second kappa shape index (κ2) is 8.61. The highest BCUT2D eigenvalue weighted by molar-refractivity contribution is 7.21. The number of aromatic amines is 1. The summed E-state index contributed by atoms with van der Waals surface area (Å²) in [5.74, 6) is -0.310. The van der Waals surface area contributed by atoms with Crippen molar-refractivity contribution in [3.8, 4) is 0 Å². The number of para-hydroxylation sites is 1. The van der Waals surface area contributed by atoms with Crippen molar-refractivity contribution < 1.29 is 13.9 Å². The summed E-state index contributed by atoms with van der Waals surface area (Å²) < 4.78 is 20.0. The Bertz CT molecular complexity index is 1380. The number of hydrogen-bond acceptors (Lipinski definition) is 5. The Balaban J connectivity index is 1.51. The van der Waals surface area contributed by atoms with Crippen LogP contribution in [-0.4, -0.2) is 40.0 Å². The zero-order valence-corrected chi connectivity index (χ0v) is 18.5. The van der Waals surface area contributed by atoms with E-state index in [0.717, 1.165) is 24.2 Å². The van der Waals surface area contributed by atoms with Gasteiger partial charge in [-0.3, -0.25) is 9.59 Å². The quantitative estimate of drug-likeness (QED) is 0.455. The monoisotopic (exact) mass is 471 g/mol. The molecule has 0 spiro atoms. The van der Waals surface area contributed by atoms with Gasteiger partial charge in [-0.1, -0.05) is 23.7 Å². The minimum atomic E-state index is -0.386. The van der Waals surface area contributed by atoms with Crippen molar-refractivity contribution in [1.29, 1.82) is 0 Å². The first kappa shape index (κ1) is 21.1. The standard InChI is InChI=1S/C23H19ClFN3O3S/c24-20-16-8-7-13(25)10-18(16)32-21(20)23(30)28(11-14-4-3-9-31-14)12-19-26-17-6-2-1-5-15(17)22(29)27-19/h1-2,5-8,10,14H,3-4,9,11-12H2,(H,26,27,29). The number of H-pyrrole nitrogens is 1. The molecule has 5 rings (SSSR count). The molecule has 3 heterocycles. The van der Waals surface area contributed by atoms with Crippen molar-refractivity contribution in [2.45, 2.75) is 25.5 Å². The van der Waals surface area contributed by atoms with Crippen LogP contribution in [-0.2, 0) is 11.3 Å². The van der Waals surface area contributed by atoms with Crippen LogP contribution in [0.3, 0.4) is 0 Å². The van der Waals surface area contributed by atoms with Gasteiger partial charge in [-0.25, -0.2) is 9.37 Å². The van der Waals surface area contributed by atoms with Gasteiger partial charge in [0.2, 0.25) is 0 Å². The van der Waals surface area contributed by atoms with Crippen LogP contribution in [0.1, 0.15) is 28.3 Å².